The number of nitrogens with two attached hydrogens (primary N) is 1. The summed E-state index contributed by atoms with van der Waals surface area (Å²) in [5.74, 6) is -11.0. The SMILES string of the molecule is CC(=O)O[C@H]1C(=O)[C@@]2(C)[C@H]([C@H](CC(=O)c3ccccc3)[C@]3(O)C[C@H](OC(=O)[C@H](OC(=O)N(C)CCN(C)C(=O)OCc4ccc(NC(=O)[C@H](CCCNC(N)=O)NC(=O)[C@@H](NC(=O)COCC(=O)C(C)C)C(C)C)cc4)[C@@H](NC(=O)c4ccccc4)c4ccccc4)C(C)=C1C3(C)C)[C@]1(OC(C)=O)CO[C@@H]1C[C@@H]2O. The molecule has 13 atom stereocenters. The molecule has 0 radical (unpaired) electrons. The second-order valence-electron chi connectivity index (χ2n) is 29.6. The van der Waals surface area contributed by atoms with E-state index in [4.69, 9.17) is 38.9 Å². The molecule has 588 valence electrons. The van der Waals surface area contributed by atoms with E-state index in [1.807, 2.05) is 0 Å². The van der Waals surface area contributed by atoms with Crippen molar-refractivity contribution in [3.05, 3.63) is 149 Å². The Hall–Kier alpha value is -10.4. The number of likely N-dealkylation sites (N-methyl/N-ethyl adjacent to an activating group) is 2. The molecule has 30 heteroatoms. The first kappa shape index (κ1) is 84.2. The van der Waals surface area contributed by atoms with Gasteiger partial charge in [-0.15, -0.1) is 0 Å². The Morgan fingerprint density at radius 1 is 0.734 bits per heavy atom. The molecule has 30 nitrogen and oxygen atoms in total. The summed E-state index contributed by atoms with van der Waals surface area (Å²) in [5.41, 5.74) is -1.20. The maximum atomic E-state index is 16.0. The highest BCUT2D eigenvalue weighted by Gasteiger charge is 2.77. The van der Waals surface area contributed by atoms with Crippen LogP contribution in [0.1, 0.15) is 139 Å². The van der Waals surface area contributed by atoms with Crippen LogP contribution in [0.15, 0.2) is 126 Å². The van der Waals surface area contributed by atoms with Crippen molar-refractivity contribution in [2.45, 2.75) is 168 Å². The fourth-order valence-corrected chi connectivity index (χ4v) is 15.0. The molecule has 1 heterocycles. The number of nitrogens with zero attached hydrogens (tertiary/aromatic N) is 2. The lowest BCUT2D eigenvalue weighted by atomic mass is 9.42. The maximum absolute atomic E-state index is 16.0. The summed E-state index contributed by atoms with van der Waals surface area (Å²) in [6.07, 6.45) is -11.4. The normalized spacial score (nSPS) is 23.5. The van der Waals surface area contributed by atoms with E-state index in [-0.39, 0.29) is 104 Å². The summed E-state index contributed by atoms with van der Waals surface area (Å²) in [6, 6.07) is 25.7. The van der Waals surface area contributed by atoms with Gasteiger partial charge in [0, 0.05) is 107 Å². The highest BCUT2D eigenvalue weighted by Crippen LogP contribution is 2.66. The number of ketones is 3. The van der Waals surface area contributed by atoms with Crippen molar-refractivity contribution in [2.75, 3.05) is 58.9 Å². The fraction of sp³-hybridized carbons (Fsp3) is 0.506. The third kappa shape index (κ3) is 19.5. The molecule has 4 aromatic carbocycles. The number of ether oxygens (including phenoxy) is 7. The molecule has 4 aliphatic rings. The van der Waals surface area contributed by atoms with Gasteiger partial charge in [-0.2, -0.15) is 0 Å². The van der Waals surface area contributed by atoms with Crippen molar-refractivity contribution in [2.24, 2.45) is 40.2 Å². The van der Waals surface area contributed by atoms with E-state index in [1.54, 1.807) is 133 Å². The number of primary amides is 1. The summed E-state index contributed by atoms with van der Waals surface area (Å²) < 4.78 is 41.9. The lowest BCUT2D eigenvalue weighted by Crippen LogP contribution is -2.80. The van der Waals surface area contributed by atoms with Crippen LogP contribution in [0.5, 0.6) is 0 Å². The maximum Gasteiger partial charge on any atom is 0.410 e. The second kappa shape index (κ2) is 36.2. The number of aliphatic hydroxyl groups excluding tert-OH is 1. The van der Waals surface area contributed by atoms with Gasteiger partial charge in [0.05, 0.1) is 23.7 Å². The number of carbonyl (C=O) groups is 13. The first-order chi connectivity index (χ1) is 51.4. The number of nitrogens with one attached hydrogen (secondary N) is 5. The van der Waals surface area contributed by atoms with Gasteiger partial charge in [-0.1, -0.05) is 133 Å². The number of hydrogen-bond acceptors (Lipinski definition) is 22. The largest absolute Gasteiger partial charge is 0.455 e. The Morgan fingerprint density at radius 2 is 1.34 bits per heavy atom. The van der Waals surface area contributed by atoms with E-state index >= 15 is 9.59 Å². The van der Waals surface area contributed by atoms with Crippen LogP contribution in [0.3, 0.4) is 0 Å². The first-order valence-corrected chi connectivity index (χ1v) is 36.2. The molecule has 0 aromatic heterocycles. The zero-order valence-electron chi connectivity index (χ0n) is 63.4. The van der Waals surface area contributed by atoms with E-state index in [0.717, 1.165) is 23.6 Å². The average molecular weight is 1510 g/mol. The molecule has 4 aromatic rings. The lowest BCUT2D eigenvalue weighted by molar-refractivity contribution is -0.339. The molecule has 9 N–H and O–H groups in total. The van der Waals surface area contributed by atoms with Crippen LogP contribution in [-0.2, 0) is 78.1 Å². The summed E-state index contributed by atoms with van der Waals surface area (Å²) in [6.45, 7) is 13.4. The first-order valence-electron chi connectivity index (χ1n) is 36.2. The highest BCUT2D eigenvalue weighted by atomic mass is 16.6. The quantitative estimate of drug-likeness (QED) is 0.00913. The van der Waals surface area contributed by atoms with Crippen LogP contribution in [0.4, 0.5) is 20.1 Å². The minimum Gasteiger partial charge on any atom is -0.455 e. The van der Waals surface area contributed by atoms with Crippen LogP contribution in [0.2, 0.25) is 0 Å². The van der Waals surface area contributed by atoms with E-state index in [9.17, 15) is 63.0 Å². The van der Waals surface area contributed by atoms with Crippen molar-refractivity contribution in [3.8, 4) is 0 Å². The molecule has 0 unspecified atom stereocenters. The van der Waals surface area contributed by atoms with E-state index in [2.05, 4.69) is 26.6 Å². The number of fused-ring (bicyclic) bond motifs is 5. The minimum absolute atomic E-state index is 0.0337. The molecule has 1 saturated heterocycles. The van der Waals surface area contributed by atoms with Gasteiger partial charge < -0.3 is 85.5 Å². The molecule has 2 bridgehead atoms. The summed E-state index contributed by atoms with van der Waals surface area (Å²) in [4.78, 5) is 182. The Kier molecular flexibility index (Phi) is 28.0. The number of hydrogen-bond donors (Lipinski definition) is 8. The van der Waals surface area contributed by atoms with E-state index in [1.165, 1.54) is 52.2 Å². The molecule has 2 saturated carbocycles. The van der Waals surface area contributed by atoms with Gasteiger partial charge in [0.2, 0.25) is 23.8 Å². The van der Waals surface area contributed by atoms with Crippen LogP contribution in [0.25, 0.3) is 0 Å². The van der Waals surface area contributed by atoms with Gasteiger partial charge in [0.1, 0.15) is 50.2 Å². The van der Waals surface area contributed by atoms with Gasteiger partial charge in [-0.05, 0) is 79.1 Å². The molecular weight excluding hydrogens is 1410 g/mol. The number of amides is 8. The van der Waals surface area contributed by atoms with Crippen molar-refractivity contribution in [1.82, 2.24) is 31.1 Å². The van der Waals surface area contributed by atoms with Gasteiger partial charge in [-0.25, -0.2) is 19.2 Å². The van der Waals surface area contributed by atoms with Gasteiger partial charge in [-0.3, -0.25) is 43.2 Å². The summed E-state index contributed by atoms with van der Waals surface area (Å²) in [7, 11) is 2.72. The molecule has 109 heavy (non-hydrogen) atoms. The van der Waals surface area contributed by atoms with Gasteiger partial charge in [0.25, 0.3) is 5.91 Å². The van der Waals surface area contributed by atoms with Gasteiger partial charge >= 0.3 is 36.1 Å². The monoisotopic (exact) mass is 1510 g/mol. The lowest BCUT2D eigenvalue weighted by Gasteiger charge is -2.68. The predicted molar refractivity (Wildman–Crippen MR) is 392 cm³/mol. The van der Waals surface area contributed by atoms with Crippen molar-refractivity contribution in [1.29, 1.82) is 0 Å². The van der Waals surface area contributed by atoms with Crippen LogP contribution in [-0.4, -0.2) is 204 Å². The van der Waals surface area contributed by atoms with Crippen LogP contribution in [0, 0.1) is 34.5 Å². The van der Waals surface area contributed by atoms with Crippen LogP contribution >= 0.6 is 0 Å². The van der Waals surface area contributed by atoms with Gasteiger partial charge in [0.15, 0.2) is 29.1 Å². The third-order valence-corrected chi connectivity index (χ3v) is 21.2. The number of carbonyl (C=O) groups excluding carboxylic acids is 13. The van der Waals surface area contributed by atoms with Crippen molar-refractivity contribution < 1.29 is 106 Å². The smallest absolute Gasteiger partial charge is 0.410 e. The third-order valence-electron chi connectivity index (χ3n) is 21.2. The molecule has 8 rings (SSSR count). The standard InChI is InChI=1S/C79H100N8O22/c1-44(2)57(91)41-103-42-61(93)84-63(45(3)4)71(97)83-55(29-22-34-81-73(80)99)70(96)82-53-32-30-49(31-33-53)40-104-74(100)86(11)35-36-87(12)75(101)108-66(64(51-25-18-14-19-26-51)85-69(95)52-27-20-15-21-28-52)72(98)107-58-39-79(102)54(37-56(90)50-23-16-13-17-24-50)67-77(10,59(92)38-60-78(67,43-105-60)109-48(7)89)68(94)65(106-47(6)88)62(46(58)5)76(79,8)9/h13-21,23-28,30-33,44-45,54-55,58-60,63-67,92,102H,22,29,34-43H2,1-12H3,(H,82,96)(H,83,97)(H,84,93)(H,85,95)(H3,80,81,99)/t54-,55-,58-,59-,60+,63-,64-,65+,66+,67-,77+,78-,79+/m0/s1. The molecule has 3 aliphatic carbocycles. The molecule has 0 spiro atoms. The number of aliphatic hydroxyl groups is 2. The number of Topliss-reactive ketones (excluding diaryl/α,β-unsaturated/α-hetero) is 3. The minimum atomic E-state index is -2.35. The summed E-state index contributed by atoms with van der Waals surface area (Å²) in [5, 5.41) is 40.1. The predicted octanol–water partition coefficient (Wildman–Crippen LogP) is 6.00. The van der Waals surface area contributed by atoms with Crippen molar-refractivity contribution in [3.63, 3.8) is 0 Å². The fourth-order valence-electron chi connectivity index (χ4n) is 15.0. The zero-order chi connectivity index (χ0) is 80.0. The number of benzene rings is 4. The Balaban J connectivity index is 1.02. The molecule has 3 fully saturated rings. The number of anilines is 1. The highest BCUT2D eigenvalue weighted by molar-refractivity contribution is 6.00. The zero-order valence-corrected chi connectivity index (χ0v) is 63.4. The second-order valence-corrected chi connectivity index (χ2v) is 29.6. The number of urea groups is 1. The van der Waals surface area contributed by atoms with Crippen LogP contribution < -0.4 is 32.3 Å². The molecule has 8 amide bonds. The molecule has 1 aliphatic heterocycles. The Morgan fingerprint density at radius 3 is 1.91 bits per heavy atom. The topological polar surface area (TPSA) is 420 Å². The average Bonchev–Trinajstić information content (AvgIpc) is 0.668. The molecular formula is C79H100N8O22. The number of esters is 3. The van der Waals surface area contributed by atoms with E-state index in [0.29, 0.717) is 5.56 Å². The van der Waals surface area contributed by atoms with E-state index < -0.39 is 179 Å². The Labute approximate surface area is 632 Å². The summed E-state index contributed by atoms with van der Waals surface area (Å²) >= 11 is 0. The Bertz CT molecular complexity index is 4050. The van der Waals surface area contributed by atoms with Crippen molar-refractivity contribution >= 4 is 82.8 Å². The number of rotatable bonds is 32.